The molecule has 0 heterocycles. The largest absolute Gasteiger partial charge is 0.324 e. The summed E-state index contributed by atoms with van der Waals surface area (Å²) in [6, 6.07) is 8.80. The zero-order valence-corrected chi connectivity index (χ0v) is 7.46. The molecular weight excluding hydrogens is 146 g/mol. The highest BCUT2D eigenvalue weighted by molar-refractivity contribution is 5.32. The van der Waals surface area contributed by atoms with Crippen LogP contribution in [0.4, 0.5) is 0 Å². The first-order chi connectivity index (χ1) is 5.79. The number of nitrogens with two attached hydrogens (primary N) is 1. The van der Waals surface area contributed by atoms with E-state index < -0.39 is 0 Å². The minimum atomic E-state index is 0.259. The van der Waals surface area contributed by atoms with Gasteiger partial charge >= 0.3 is 0 Å². The van der Waals surface area contributed by atoms with Gasteiger partial charge in [-0.1, -0.05) is 31.2 Å². The Morgan fingerprint density at radius 1 is 1.33 bits per heavy atom. The van der Waals surface area contributed by atoms with E-state index in [0.29, 0.717) is 5.92 Å². The minimum absolute atomic E-state index is 0.259. The fourth-order valence-electron chi connectivity index (χ4n) is 1.96. The zero-order valence-electron chi connectivity index (χ0n) is 7.46. The van der Waals surface area contributed by atoms with E-state index in [1.807, 2.05) is 0 Å². The van der Waals surface area contributed by atoms with Crippen molar-refractivity contribution >= 4 is 0 Å². The van der Waals surface area contributed by atoms with E-state index in [-0.39, 0.29) is 6.04 Å². The molecule has 0 saturated heterocycles. The van der Waals surface area contributed by atoms with Gasteiger partial charge in [-0.2, -0.15) is 0 Å². The molecule has 12 heavy (non-hydrogen) atoms. The first-order valence-electron chi connectivity index (χ1n) is 4.62. The molecular formula is C11H15N. The van der Waals surface area contributed by atoms with Gasteiger partial charge in [0.1, 0.15) is 0 Å². The van der Waals surface area contributed by atoms with E-state index in [1.54, 1.807) is 0 Å². The molecule has 0 fully saturated rings. The predicted molar refractivity (Wildman–Crippen MR) is 50.9 cm³/mol. The maximum atomic E-state index is 6.09. The number of aryl methyl sites for hydroxylation is 1. The van der Waals surface area contributed by atoms with Crippen LogP contribution in [-0.2, 0) is 6.42 Å². The Labute approximate surface area is 73.6 Å². The van der Waals surface area contributed by atoms with Gasteiger partial charge in [0.15, 0.2) is 0 Å². The second-order valence-corrected chi connectivity index (χ2v) is 3.74. The molecule has 1 aromatic carbocycles. The van der Waals surface area contributed by atoms with Crippen molar-refractivity contribution in [3.05, 3.63) is 35.4 Å². The third-order valence-electron chi connectivity index (χ3n) is 2.90. The molecule has 0 bridgehead atoms. The van der Waals surface area contributed by atoms with Gasteiger partial charge < -0.3 is 5.73 Å². The molecule has 0 radical (unpaired) electrons. The van der Waals surface area contributed by atoms with Crippen molar-refractivity contribution in [2.75, 3.05) is 0 Å². The number of benzene rings is 1. The van der Waals surface area contributed by atoms with E-state index >= 15 is 0 Å². The maximum Gasteiger partial charge on any atom is 0.0323 e. The van der Waals surface area contributed by atoms with Crippen LogP contribution in [0.2, 0.25) is 0 Å². The Morgan fingerprint density at radius 3 is 2.92 bits per heavy atom. The van der Waals surface area contributed by atoms with E-state index in [9.17, 15) is 0 Å². The van der Waals surface area contributed by atoms with Gasteiger partial charge in [-0.25, -0.2) is 0 Å². The van der Waals surface area contributed by atoms with Gasteiger partial charge in [0.2, 0.25) is 0 Å². The molecule has 2 atom stereocenters. The highest BCUT2D eigenvalue weighted by Crippen LogP contribution is 2.31. The van der Waals surface area contributed by atoms with E-state index in [2.05, 4.69) is 31.2 Å². The highest BCUT2D eigenvalue weighted by atomic mass is 14.7. The van der Waals surface area contributed by atoms with Gasteiger partial charge in [-0.05, 0) is 29.9 Å². The van der Waals surface area contributed by atoms with Crippen LogP contribution < -0.4 is 5.73 Å². The lowest BCUT2D eigenvalue weighted by Gasteiger charge is -2.28. The molecule has 1 aliphatic rings. The second-order valence-electron chi connectivity index (χ2n) is 3.74. The molecule has 0 aromatic heterocycles. The molecule has 0 amide bonds. The SMILES string of the molecule is C[C@H]1CCc2ccccc2[C@@H]1N. The maximum absolute atomic E-state index is 6.09. The fourth-order valence-corrected chi connectivity index (χ4v) is 1.96. The molecule has 64 valence electrons. The van der Waals surface area contributed by atoms with Gasteiger partial charge in [-0.15, -0.1) is 0 Å². The van der Waals surface area contributed by atoms with Crippen molar-refractivity contribution in [1.82, 2.24) is 0 Å². The van der Waals surface area contributed by atoms with Crippen LogP contribution in [0.25, 0.3) is 0 Å². The number of hydrogen-bond acceptors (Lipinski definition) is 1. The van der Waals surface area contributed by atoms with Crippen LogP contribution >= 0.6 is 0 Å². The molecule has 0 saturated carbocycles. The Balaban J connectivity index is 2.42. The van der Waals surface area contributed by atoms with Crippen molar-refractivity contribution in [3.63, 3.8) is 0 Å². The average Bonchev–Trinajstić information content (AvgIpc) is 2.12. The summed E-state index contributed by atoms with van der Waals surface area (Å²) in [6.07, 6.45) is 2.43. The van der Waals surface area contributed by atoms with Crippen molar-refractivity contribution in [1.29, 1.82) is 0 Å². The lowest BCUT2D eigenvalue weighted by molar-refractivity contribution is 0.412. The summed E-state index contributed by atoms with van der Waals surface area (Å²) in [6.45, 7) is 2.24. The quantitative estimate of drug-likeness (QED) is 0.620. The summed E-state index contributed by atoms with van der Waals surface area (Å²) in [5.74, 6) is 0.639. The predicted octanol–water partition coefficient (Wildman–Crippen LogP) is 2.27. The summed E-state index contributed by atoms with van der Waals surface area (Å²) in [5.41, 5.74) is 8.89. The monoisotopic (exact) mass is 161 g/mol. The fraction of sp³-hybridized carbons (Fsp3) is 0.455. The average molecular weight is 161 g/mol. The van der Waals surface area contributed by atoms with Crippen LogP contribution in [-0.4, -0.2) is 0 Å². The topological polar surface area (TPSA) is 26.0 Å². The Bertz CT molecular complexity index is 280. The summed E-state index contributed by atoms with van der Waals surface area (Å²) in [5, 5.41) is 0. The Morgan fingerprint density at radius 2 is 2.08 bits per heavy atom. The molecule has 1 nitrogen and oxygen atoms in total. The lowest BCUT2D eigenvalue weighted by Crippen LogP contribution is -2.25. The zero-order chi connectivity index (χ0) is 8.55. The van der Waals surface area contributed by atoms with Crippen molar-refractivity contribution < 1.29 is 0 Å². The van der Waals surface area contributed by atoms with E-state index in [4.69, 9.17) is 5.73 Å². The summed E-state index contributed by atoms with van der Waals surface area (Å²) in [4.78, 5) is 0. The van der Waals surface area contributed by atoms with Crippen LogP contribution in [0, 0.1) is 5.92 Å². The van der Waals surface area contributed by atoms with Crippen LogP contribution in [0.15, 0.2) is 24.3 Å². The first-order valence-corrected chi connectivity index (χ1v) is 4.62. The van der Waals surface area contributed by atoms with Crippen LogP contribution in [0.5, 0.6) is 0 Å². The van der Waals surface area contributed by atoms with E-state index in [1.165, 1.54) is 24.0 Å². The second kappa shape index (κ2) is 2.91. The summed E-state index contributed by atoms with van der Waals surface area (Å²) < 4.78 is 0. The normalized spacial score (nSPS) is 28.2. The van der Waals surface area contributed by atoms with Gasteiger partial charge in [-0.3, -0.25) is 0 Å². The third-order valence-corrected chi connectivity index (χ3v) is 2.90. The Hall–Kier alpha value is -0.820. The van der Waals surface area contributed by atoms with Crippen molar-refractivity contribution in [2.45, 2.75) is 25.8 Å². The molecule has 2 rings (SSSR count). The summed E-state index contributed by atoms with van der Waals surface area (Å²) >= 11 is 0. The van der Waals surface area contributed by atoms with E-state index in [0.717, 1.165) is 0 Å². The molecule has 1 heteroatoms. The van der Waals surface area contributed by atoms with Crippen LogP contribution in [0.3, 0.4) is 0 Å². The number of hydrogen-bond donors (Lipinski definition) is 1. The third kappa shape index (κ3) is 1.14. The van der Waals surface area contributed by atoms with Crippen LogP contribution in [0.1, 0.15) is 30.5 Å². The molecule has 1 aliphatic carbocycles. The smallest absolute Gasteiger partial charge is 0.0323 e. The van der Waals surface area contributed by atoms with Gasteiger partial charge in [0, 0.05) is 6.04 Å². The number of fused-ring (bicyclic) bond motifs is 1. The standard InChI is InChI=1S/C11H15N/c1-8-6-7-9-4-2-3-5-10(9)11(8)12/h2-5,8,11H,6-7,12H2,1H3/t8-,11+/m0/s1. The lowest BCUT2D eigenvalue weighted by atomic mass is 9.81. The van der Waals surface area contributed by atoms with Gasteiger partial charge in [0.25, 0.3) is 0 Å². The molecule has 0 aliphatic heterocycles. The number of rotatable bonds is 0. The molecule has 0 unspecified atom stereocenters. The molecule has 2 N–H and O–H groups in total. The van der Waals surface area contributed by atoms with Crippen molar-refractivity contribution in [2.24, 2.45) is 11.7 Å². The highest BCUT2D eigenvalue weighted by Gasteiger charge is 2.22. The van der Waals surface area contributed by atoms with Crippen molar-refractivity contribution in [3.8, 4) is 0 Å². The Kier molecular flexibility index (Phi) is 1.89. The van der Waals surface area contributed by atoms with Gasteiger partial charge in [0.05, 0.1) is 0 Å². The molecule has 1 aromatic rings. The minimum Gasteiger partial charge on any atom is -0.324 e. The first kappa shape index (κ1) is 7.81. The molecule has 0 spiro atoms. The summed E-state index contributed by atoms with van der Waals surface area (Å²) in [7, 11) is 0.